The monoisotopic (exact) mass is 318 g/mol. The lowest BCUT2D eigenvalue weighted by Gasteiger charge is -2.08. The van der Waals surface area contributed by atoms with E-state index in [1.54, 1.807) is 0 Å². The Labute approximate surface area is 141 Å². The molecule has 0 fully saturated rings. The Bertz CT molecular complexity index is 544. The number of rotatable bonds is 0. The molecule has 130 valence electrons. The predicted molar refractivity (Wildman–Crippen MR) is 97.9 cm³/mol. The lowest BCUT2D eigenvalue weighted by molar-refractivity contribution is 0.650. The largest absolute Gasteiger partial charge is 0.282 e. The van der Waals surface area contributed by atoms with E-state index in [9.17, 15) is 0 Å². The van der Waals surface area contributed by atoms with Crippen molar-refractivity contribution in [1.82, 2.24) is 20.0 Å². The maximum atomic E-state index is 4.31. The standard InChI is InChI=1S/C8H12N2.C7H10N2.2C2H6/c1-6-7-4-2-3-5-8(7)10-9-6;1-6-5-7-3-2-4-9(7)8-6;2*1-2/h2-5H2,1H3,(H,9,10);5H,2-4H2,1H3;2*1-2H3. The van der Waals surface area contributed by atoms with Crippen LogP contribution in [0.5, 0.6) is 0 Å². The highest BCUT2D eigenvalue weighted by Gasteiger charge is 2.13. The summed E-state index contributed by atoms with van der Waals surface area (Å²) in [6.45, 7) is 13.3. The molecule has 2 aromatic heterocycles. The normalized spacial score (nSPS) is 14.2. The first kappa shape index (κ1) is 19.5. The van der Waals surface area contributed by atoms with Crippen molar-refractivity contribution in [3.63, 3.8) is 0 Å². The van der Waals surface area contributed by atoms with E-state index in [0.717, 1.165) is 12.2 Å². The summed E-state index contributed by atoms with van der Waals surface area (Å²) in [5.41, 5.74) is 6.63. The number of H-pyrrole nitrogens is 1. The Balaban J connectivity index is 0.000000190. The lowest BCUT2D eigenvalue weighted by atomic mass is 9.96. The molecule has 0 unspecified atom stereocenters. The van der Waals surface area contributed by atoms with Gasteiger partial charge in [0.15, 0.2) is 0 Å². The molecule has 1 aliphatic heterocycles. The van der Waals surface area contributed by atoms with Crippen LogP contribution < -0.4 is 0 Å². The van der Waals surface area contributed by atoms with Crippen molar-refractivity contribution < 1.29 is 0 Å². The minimum Gasteiger partial charge on any atom is -0.282 e. The molecule has 0 aromatic carbocycles. The molecule has 0 spiro atoms. The molecular formula is C19H34N4. The van der Waals surface area contributed by atoms with Gasteiger partial charge in [0.25, 0.3) is 0 Å². The summed E-state index contributed by atoms with van der Waals surface area (Å²) < 4.78 is 2.11. The summed E-state index contributed by atoms with van der Waals surface area (Å²) in [5.74, 6) is 0. The third-order valence-corrected chi connectivity index (χ3v) is 4.04. The van der Waals surface area contributed by atoms with E-state index in [0.29, 0.717) is 0 Å². The number of hydrogen-bond acceptors (Lipinski definition) is 2. The molecule has 1 N–H and O–H groups in total. The zero-order valence-corrected chi connectivity index (χ0v) is 15.9. The van der Waals surface area contributed by atoms with Crippen molar-refractivity contribution in [2.24, 2.45) is 0 Å². The summed E-state index contributed by atoms with van der Waals surface area (Å²) in [6.07, 6.45) is 7.57. The summed E-state index contributed by atoms with van der Waals surface area (Å²) >= 11 is 0. The predicted octanol–water partition coefficient (Wildman–Crippen LogP) is 4.79. The lowest BCUT2D eigenvalue weighted by Crippen LogP contribution is -2.00. The minimum absolute atomic E-state index is 1.13. The van der Waals surface area contributed by atoms with E-state index < -0.39 is 0 Å². The second-order valence-electron chi connectivity index (χ2n) is 5.58. The molecule has 4 heteroatoms. The molecular weight excluding hydrogens is 284 g/mol. The smallest absolute Gasteiger partial charge is 0.0656 e. The molecule has 0 bridgehead atoms. The van der Waals surface area contributed by atoms with Crippen LogP contribution in [0.2, 0.25) is 0 Å². The Morgan fingerprint density at radius 2 is 1.65 bits per heavy atom. The molecule has 1 aliphatic carbocycles. The van der Waals surface area contributed by atoms with Crippen molar-refractivity contribution in [3.8, 4) is 0 Å². The quantitative estimate of drug-likeness (QED) is 0.759. The third kappa shape index (κ3) is 5.22. The number of aromatic amines is 1. The van der Waals surface area contributed by atoms with E-state index in [1.807, 2.05) is 34.6 Å². The first-order chi connectivity index (χ1) is 11.2. The highest BCUT2D eigenvalue weighted by molar-refractivity contribution is 5.26. The van der Waals surface area contributed by atoms with Gasteiger partial charge in [-0.1, -0.05) is 27.7 Å². The van der Waals surface area contributed by atoms with Crippen molar-refractivity contribution in [3.05, 3.63) is 34.4 Å². The fourth-order valence-electron chi connectivity index (χ4n) is 3.04. The van der Waals surface area contributed by atoms with Crippen LogP contribution in [0.4, 0.5) is 0 Å². The zero-order valence-electron chi connectivity index (χ0n) is 15.9. The van der Waals surface area contributed by atoms with Gasteiger partial charge in [0.1, 0.15) is 0 Å². The third-order valence-electron chi connectivity index (χ3n) is 4.04. The highest BCUT2D eigenvalue weighted by Crippen LogP contribution is 2.20. The van der Waals surface area contributed by atoms with Gasteiger partial charge in [0.2, 0.25) is 0 Å². The van der Waals surface area contributed by atoms with Gasteiger partial charge in [-0.3, -0.25) is 9.78 Å². The van der Waals surface area contributed by atoms with Gasteiger partial charge in [0, 0.05) is 17.9 Å². The summed E-state index contributed by atoms with van der Waals surface area (Å²) in [4.78, 5) is 0. The van der Waals surface area contributed by atoms with E-state index >= 15 is 0 Å². The number of nitrogens with one attached hydrogen (secondary N) is 1. The fourth-order valence-corrected chi connectivity index (χ4v) is 3.04. The van der Waals surface area contributed by atoms with Crippen LogP contribution in [0.1, 0.15) is 75.3 Å². The SMILES string of the molecule is CC.CC.Cc1[nH]nc2c1CCCC2.Cc1cc2n(n1)CCC2. The van der Waals surface area contributed by atoms with Crippen molar-refractivity contribution in [2.75, 3.05) is 0 Å². The number of nitrogens with zero attached hydrogens (tertiary/aromatic N) is 3. The summed E-state index contributed by atoms with van der Waals surface area (Å²) in [6, 6.07) is 2.17. The Kier molecular flexibility index (Phi) is 8.67. The molecule has 2 aliphatic rings. The van der Waals surface area contributed by atoms with Crippen LogP contribution in [-0.2, 0) is 25.8 Å². The Morgan fingerprint density at radius 3 is 2.30 bits per heavy atom. The Morgan fingerprint density at radius 1 is 0.957 bits per heavy atom. The van der Waals surface area contributed by atoms with Crippen LogP contribution >= 0.6 is 0 Å². The summed E-state index contributed by atoms with van der Waals surface area (Å²) in [7, 11) is 0. The zero-order chi connectivity index (χ0) is 17.2. The highest BCUT2D eigenvalue weighted by atomic mass is 15.3. The minimum atomic E-state index is 1.13. The Hall–Kier alpha value is -1.58. The van der Waals surface area contributed by atoms with Crippen molar-refractivity contribution in [1.29, 1.82) is 0 Å². The molecule has 0 radical (unpaired) electrons. The van der Waals surface area contributed by atoms with Crippen LogP contribution in [0, 0.1) is 13.8 Å². The van der Waals surface area contributed by atoms with E-state index in [2.05, 4.69) is 33.0 Å². The number of aryl methyl sites for hydroxylation is 5. The molecule has 2 aromatic rings. The molecule has 0 atom stereocenters. The van der Waals surface area contributed by atoms with E-state index in [1.165, 1.54) is 61.2 Å². The van der Waals surface area contributed by atoms with E-state index in [-0.39, 0.29) is 0 Å². The summed E-state index contributed by atoms with van der Waals surface area (Å²) in [5, 5.41) is 11.6. The second-order valence-corrected chi connectivity index (χ2v) is 5.58. The molecule has 0 saturated carbocycles. The van der Waals surface area contributed by atoms with Crippen LogP contribution in [0.15, 0.2) is 6.07 Å². The average Bonchev–Trinajstić information content (AvgIpc) is 3.28. The van der Waals surface area contributed by atoms with Crippen molar-refractivity contribution in [2.45, 2.75) is 86.6 Å². The molecule has 4 rings (SSSR count). The van der Waals surface area contributed by atoms with Gasteiger partial charge in [0.05, 0.1) is 11.4 Å². The maximum absolute atomic E-state index is 4.31. The number of hydrogen-bond donors (Lipinski definition) is 1. The number of fused-ring (bicyclic) bond motifs is 2. The maximum Gasteiger partial charge on any atom is 0.0656 e. The van der Waals surface area contributed by atoms with Gasteiger partial charge in [-0.2, -0.15) is 10.2 Å². The average molecular weight is 319 g/mol. The van der Waals surface area contributed by atoms with Gasteiger partial charge in [-0.25, -0.2) is 0 Å². The van der Waals surface area contributed by atoms with Crippen molar-refractivity contribution >= 4 is 0 Å². The van der Waals surface area contributed by atoms with Crippen LogP contribution in [0.25, 0.3) is 0 Å². The first-order valence-electron chi connectivity index (χ1n) is 9.30. The molecule has 3 heterocycles. The van der Waals surface area contributed by atoms with Gasteiger partial charge in [-0.05, 0) is 64.0 Å². The second kappa shape index (κ2) is 10.2. The van der Waals surface area contributed by atoms with Crippen LogP contribution in [-0.4, -0.2) is 20.0 Å². The molecule has 4 nitrogen and oxygen atoms in total. The molecule has 0 saturated heterocycles. The first-order valence-corrected chi connectivity index (χ1v) is 9.30. The van der Waals surface area contributed by atoms with Gasteiger partial charge >= 0.3 is 0 Å². The fraction of sp³-hybridized carbons (Fsp3) is 0.684. The van der Waals surface area contributed by atoms with Crippen LogP contribution in [0.3, 0.4) is 0 Å². The van der Waals surface area contributed by atoms with Gasteiger partial charge < -0.3 is 0 Å². The van der Waals surface area contributed by atoms with E-state index in [4.69, 9.17) is 0 Å². The molecule has 0 amide bonds. The van der Waals surface area contributed by atoms with Gasteiger partial charge in [-0.15, -0.1) is 0 Å². The molecule has 23 heavy (non-hydrogen) atoms. The number of aromatic nitrogens is 4. The topological polar surface area (TPSA) is 46.5 Å².